The van der Waals surface area contributed by atoms with Crippen molar-refractivity contribution in [1.82, 2.24) is 14.3 Å². The Labute approximate surface area is 341 Å². The van der Waals surface area contributed by atoms with Gasteiger partial charge in [0.25, 0.3) is 0 Å². The molecule has 0 bridgehead atoms. The van der Waals surface area contributed by atoms with Crippen LogP contribution in [-0.2, 0) is 50.2 Å². The fourth-order valence-electron chi connectivity index (χ4n) is 6.91. The molecule has 57 heavy (non-hydrogen) atoms. The lowest BCUT2D eigenvalue weighted by molar-refractivity contribution is -0.150. The lowest BCUT2D eigenvalue weighted by Crippen LogP contribution is -2.44. The number of esters is 2. The normalized spacial score (nSPS) is 13.7. The minimum Gasteiger partial charge on any atom is -0.467 e. The second-order valence-electron chi connectivity index (χ2n) is 13.0. The molecule has 6 aromatic rings. The summed E-state index contributed by atoms with van der Waals surface area (Å²) in [6, 6.07) is 26.0. The Balaban J connectivity index is 0.000000218. The highest BCUT2D eigenvalue weighted by molar-refractivity contribution is 7.92. The quantitative estimate of drug-likeness (QED) is 0.0881. The molecule has 2 aromatic heterocycles. The maximum absolute atomic E-state index is 13.1. The standard InChI is InChI=1S/C21H21ClN2O4S.C19H20ClN3O4S/c1-4-13-21(20(25)28-2,15-8-10-16(22)11-9-15)24-14-12-17-18(23-29(3,26)27)6-5-7-19(17)24;1-4-19(18(24)27-2,13-8-10-14(20)11-9-13)23-17-7-5-6-16(15(17)12-21-23)22-28(3,25)26/h4-12,14,23H,1,13H2,2-3H3;5-12,22H,4H2,1-3H3. The molecular weight excluding hydrogens is 814 g/mol. The van der Waals surface area contributed by atoms with Crippen LogP contribution in [0.5, 0.6) is 0 Å². The number of hydrogen-bond acceptors (Lipinski definition) is 9. The summed E-state index contributed by atoms with van der Waals surface area (Å²) in [5.74, 6) is -0.956. The van der Waals surface area contributed by atoms with Crippen LogP contribution in [0.3, 0.4) is 0 Å². The number of methoxy groups -OCH3 is 2. The number of benzene rings is 4. The molecule has 0 fully saturated rings. The molecule has 13 nitrogen and oxygen atoms in total. The van der Waals surface area contributed by atoms with Crippen LogP contribution >= 0.6 is 23.2 Å². The zero-order valence-corrected chi connectivity index (χ0v) is 34.8. The van der Waals surface area contributed by atoms with E-state index in [1.807, 2.05) is 13.0 Å². The molecule has 2 heterocycles. The highest BCUT2D eigenvalue weighted by Gasteiger charge is 2.44. The zero-order chi connectivity index (χ0) is 41.8. The molecular formula is C40H41Cl2N5O8S2. The number of nitrogens with zero attached hydrogens (tertiary/aromatic N) is 3. The van der Waals surface area contributed by atoms with Gasteiger partial charge < -0.3 is 14.0 Å². The van der Waals surface area contributed by atoms with Gasteiger partial charge in [-0.15, -0.1) is 6.58 Å². The molecule has 2 N–H and O–H groups in total. The summed E-state index contributed by atoms with van der Waals surface area (Å²) in [7, 11) is -4.28. The number of fused-ring (bicyclic) bond motifs is 2. The van der Waals surface area contributed by atoms with Crippen molar-refractivity contribution in [2.75, 3.05) is 36.2 Å². The van der Waals surface area contributed by atoms with E-state index in [0.717, 1.165) is 12.5 Å². The van der Waals surface area contributed by atoms with Crippen LogP contribution in [0.4, 0.5) is 11.4 Å². The average Bonchev–Trinajstić information content (AvgIpc) is 3.81. The molecule has 300 valence electrons. The number of sulfonamides is 2. The molecule has 6 rings (SSSR count). The van der Waals surface area contributed by atoms with Crippen molar-refractivity contribution in [1.29, 1.82) is 0 Å². The number of aromatic nitrogens is 3. The number of halogens is 2. The van der Waals surface area contributed by atoms with E-state index >= 15 is 0 Å². The largest absolute Gasteiger partial charge is 0.467 e. The summed E-state index contributed by atoms with van der Waals surface area (Å²) >= 11 is 12.1. The van der Waals surface area contributed by atoms with Gasteiger partial charge in [0.05, 0.1) is 55.3 Å². The Bertz CT molecular complexity index is 2660. The minimum absolute atomic E-state index is 0.259. The van der Waals surface area contributed by atoms with Crippen LogP contribution in [0.15, 0.2) is 116 Å². The predicted molar refractivity (Wildman–Crippen MR) is 225 cm³/mol. The minimum atomic E-state index is -3.47. The summed E-state index contributed by atoms with van der Waals surface area (Å²) in [6.45, 7) is 5.68. The summed E-state index contributed by atoms with van der Waals surface area (Å²) in [6.07, 6.45) is 7.72. The fourth-order valence-corrected chi connectivity index (χ4v) is 8.32. The third kappa shape index (κ3) is 8.66. The maximum Gasteiger partial charge on any atom is 0.338 e. The first-order valence-electron chi connectivity index (χ1n) is 17.3. The first-order chi connectivity index (χ1) is 26.9. The van der Waals surface area contributed by atoms with E-state index in [9.17, 15) is 26.4 Å². The number of allylic oxidation sites excluding steroid dienone is 1. The summed E-state index contributed by atoms with van der Waals surface area (Å²) in [5.41, 5.74) is 0.952. The van der Waals surface area contributed by atoms with Crippen LogP contribution in [0.2, 0.25) is 10.0 Å². The van der Waals surface area contributed by atoms with Gasteiger partial charge in [-0.05, 0) is 72.1 Å². The number of carbonyl (C=O) groups is 2. The highest BCUT2D eigenvalue weighted by atomic mass is 35.5. The van der Waals surface area contributed by atoms with Crippen LogP contribution in [0.1, 0.15) is 30.9 Å². The van der Waals surface area contributed by atoms with E-state index in [4.69, 9.17) is 32.7 Å². The maximum atomic E-state index is 13.1. The van der Waals surface area contributed by atoms with E-state index in [2.05, 4.69) is 21.1 Å². The second-order valence-corrected chi connectivity index (χ2v) is 17.4. The van der Waals surface area contributed by atoms with E-state index in [1.165, 1.54) is 20.4 Å². The summed E-state index contributed by atoms with van der Waals surface area (Å²) in [5, 5.41) is 6.76. The molecule has 4 aromatic carbocycles. The SMILES string of the molecule is C=CCC(C(=O)OC)(c1ccc(Cl)cc1)n1ccc2c(NS(C)(=O)=O)cccc21.CCC(C(=O)OC)(c1ccc(Cl)cc1)n1ncc2c(NS(C)(=O)=O)cccc21. The van der Waals surface area contributed by atoms with Crippen molar-refractivity contribution in [3.63, 3.8) is 0 Å². The molecule has 0 aliphatic carbocycles. The van der Waals surface area contributed by atoms with Crippen LogP contribution in [-0.4, -0.2) is 69.9 Å². The molecule has 0 aliphatic rings. The third-order valence-electron chi connectivity index (χ3n) is 9.35. The fraction of sp³-hybridized carbons (Fsp3) is 0.225. The molecule has 0 saturated carbocycles. The Hall–Kier alpha value is -5.35. The van der Waals surface area contributed by atoms with Gasteiger partial charge >= 0.3 is 11.9 Å². The number of anilines is 2. The number of hydrogen-bond donors (Lipinski definition) is 2. The molecule has 0 spiro atoms. The van der Waals surface area contributed by atoms with Crippen LogP contribution < -0.4 is 9.44 Å². The van der Waals surface area contributed by atoms with Gasteiger partial charge in [-0.25, -0.2) is 31.1 Å². The highest BCUT2D eigenvalue weighted by Crippen LogP contribution is 2.39. The van der Waals surface area contributed by atoms with Crippen molar-refractivity contribution in [2.45, 2.75) is 30.8 Å². The van der Waals surface area contributed by atoms with Gasteiger partial charge in [0.1, 0.15) is 0 Å². The molecule has 2 atom stereocenters. The van der Waals surface area contributed by atoms with Crippen LogP contribution in [0.25, 0.3) is 21.8 Å². The lowest BCUT2D eigenvalue weighted by atomic mass is 9.85. The van der Waals surface area contributed by atoms with Crippen molar-refractivity contribution >= 4 is 88.4 Å². The van der Waals surface area contributed by atoms with Crippen molar-refractivity contribution in [3.05, 3.63) is 137 Å². The monoisotopic (exact) mass is 853 g/mol. The van der Waals surface area contributed by atoms with E-state index < -0.39 is 43.1 Å². The topological polar surface area (TPSA) is 168 Å². The molecule has 0 radical (unpaired) electrons. The van der Waals surface area contributed by atoms with Gasteiger partial charge in [0.15, 0.2) is 11.1 Å². The summed E-state index contributed by atoms with van der Waals surface area (Å²) in [4.78, 5) is 26.1. The van der Waals surface area contributed by atoms with Gasteiger partial charge in [-0.2, -0.15) is 5.10 Å². The van der Waals surface area contributed by atoms with E-state index in [0.29, 0.717) is 60.8 Å². The number of ether oxygens (including phenoxy) is 2. The smallest absolute Gasteiger partial charge is 0.338 e. The predicted octanol–water partition coefficient (Wildman–Crippen LogP) is 7.55. The Morgan fingerprint density at radius 3 is 1.68 bits per heavy atom. The molecule has 2 unspecified atom stereocenters. The first-order valence-corrected chi connectivity index (χ1v) is 21.8. The molecule has 0 saturated heterocycles. The number of carbonyl (C=O) groups excluding carboxylic acids is 2. The summed E-state index contributed by atoms with van der Waals surface area (Å²) < 4.78 is 65.5. The average molecular weight is 855 g/mol. The van der Waals surface area contributed by atoms with Crippen molar-refractivity contribution in [3.8, 4) is 0 Å². The Kier molecular flexibility index (Phi) is 12.8. The zero-order valence-electron chi connectivity index (χ0n) is 31.7. The van der Waals surface area contributed by atoms with Crippen molar-refractivity contribution < 1.29 is 35.9 Å². The lowest BCUT2D eigenvalue weighted by Gasteiger charge is -2.33. The Morgan fingerprint density at radius 2 is 1.21 bits per heavy atom. The van der Waals surface area contributed by atoms with Gasteiger partial charge in [0, 0.05) is 33.4 Å². The molecule has 0 amide bonds. The second kappa shape index (κ2) is 17.0. The Morgan fingerprint density at radius 1 is 0.737 bits per heavy atom. The third-order valence-corrected chi connectivity index (χ3v) is 11.0. The van der Waals surface area contributed by atoms with Crippen molar-refractivity contribution in [2.24, 2.45) is 0 Å². The van der Waals surface area contributed by atoms with Gasteiger partial charge in [0.2, 0.25) is 20.0 Å². The van der Waals surface area contributed by atoms with E-state index in [1.54, 1.807) is 106 Å². The molecule has 17 heteroatoms. The van der Waals surface area contributed by atoms with E-state index in [-0.39, 0.29) is 6.42 Å². The van der Waals surface area contributed by atoms with Gasteiger partial charge in [-0.1, -0.05) is 72.6 Å². The van der Waals surface area contributed by atoms with Crippen LogP contribution in [0, 0.1) is 0 Å². The van der Waals surface area contributed by atoms with Gasteiger partial charge in [-0.3, -0.25) is 9.44 Å². The number of nitrogens with one attached hydrogen (secondary N) is 2. The first kappa shape index (κ1) is 42.8. The number of rotatable bonds is 13. The molecule has 0 aliphatic heterocycles.